The summed E-state index contributed by atoms with van der Waals surface area (Å²) in [6, 6.07) is 66.5. The van der Waals surface area contributed by atoms with E-state index >= 15 is 0 Å². The van der Waals surface area contributed by atoms with Gasteiger partial charge in [0.2, 0.25) is 0 Å². The summed E-state index contributed by atoms with van der Waals surface area (Å²) in [6.45, 7) is 0. The minimum atomic E-state index is 1.23. The normalized spacial score (nSPS) is 11.5. The summed E-state index contributed by atoms with van der Waals surface area (Å²) in [6.07, 6.45) is 0. The summed E-state index contributed by atoms with van der Waals surface area (Å²) in [7, 11) is 0. The lowest BCUT2D eigenvalue weighted by Gasteiger charge is -2.21. The zero-order chi connectivity index (χ0) is 30.5. The van der Waals surface area contributed by atoms with Gasteiger partial charge in [0.05, 0.1) is 0 Å². The zero-order valence-electron chi connectivity index (χ0n) is 25.3. The van der Waals surface area contributed by atoms with E-state index < -0.39 is 0 Å². The van der Waals surface area contributed by atoms with Gasteiger partial charge >= 0.3 is 0 Å². The van der Waals surface area contributed by atoms with Gasteiger partial charge in [-0.1, -0.05) is 176 Å². The first-order valence-electron chi connectivity index (χ1n) is 16.0. The molecule has 0 radical (unpaired) electrons. The van der Waals surface area contributed by atoms with Crippen molar-refractivity contribution in [2.75, 3.05) is 0 Å². The van der Waals surface area contributed by atoms with Crippen LogP contribution in [0.1, 0.15) is 0 Å². The molecule has 9 aromatic carbocycles. The third kappa shape index (κ3) is 4.15. The minimum Gasteiger partial charge on any atom is -0.0622 e. The van der Waals surface area contributed by atoms with Gasteiger partial charge in [-0.25, -0.2) is 0 Å². The quantitative estimate of drug-likeness (QED) is 0.143. The van der Waals surface area contributed by atoms with Crippen LogP contribution in [-0.4, -0.2) is 0 Å². The third-order valence-corrected chi connectivity index (χ3v) is 9.47. The van der Waals surface area contributed by atoms with E-state index in [0.29, 0.717) is 0 Å². The molecule has 0 aromatic heterocycles. The van der Waals surface area contributed by atoms with Gasteiger partial charge in [-0.05, 0) is 93.7 Å². The molecule has 0 spiro atoms. The van der Waals surface area contributed by atoms with Crippen LogP contribution < -0.4 is 0 Å². The Balaban J connectivity index is 1.39. The second-order valence-corrected chi connectivity index (χ2v) is 12.0. The van der Waals surface area contributed by atoms with Crippen molar-refractivity contribution in [1.29, 1.82) is 0 Å². The van der Waals surface area contributed by atoms with Crippen LogP contribution >= 0.6 is 0 Å². The molecular weight excluding hydrogens is 553 g/mol. The van der Waals surface area contributed by atoms with Crippen LogP contribution in [-0.2, 0) is 0 Å². The molecule has 0 heteroatoms. The lowest BCUT2D eigenvalue weighted by molar-refractivity contribution is 1.60. The largest absolute Gasteiger partial charge is 0.0622 e. The van der Waals surface area contributed by atoms with Crippen molar-refractivity contribution in [1.82, 2.24) is 0 Å². The molecule has 0 unspecified atom stereocenters. The van der Waals surface area contributed by atoms with Crippen molar-refractivity contribution < 1.29 is 0 Å². The van der Waals surface area contributed by atoms with Crippen molar-refractivity contribution in [3.8, 4) is 44.5 Å². The minimum absolute atomic E-state index is 1.23. The topological polar surface area (TPSA) is 0 Å². The van der Waals surface area contributed by atoms with Crippen molar-refractivity contribution in [2.24, 2.45) is 0 Å². The fourth-order valence-electron chi connectivity index (χ4n) is 7.49. The van der Waals surface area contributed by atoms with Gasteiger partial charge in [-0.3, -0.25) is 0 Å². The highest BCUT2D eigenvalue weighted by molar-refractivity contribution is 6.24. The standard InChI is InChI=1S/C46H30/c1-2-16-31(17-3-1)33-19-6-10-24-38(33)45-40-26-12-14-28-42(40)46(43-29-15-13-27-41(43)45)39-25-11-9-23-37(39)44-30-32-18-4-5-20-34(32)35-21-7-8-22-36(35)44/h1-30H. The zero-order valence-corrected chi connectivity index (χ0v) is 25.3. The molecule has 0 fully saturated rings. The first-order chi connectivity index (χ1) is 22.9. The summed E-state index contributed by atoms with van der Waals surface area (Å²) in [5.74, 6) is 0. The Morgan fingerprint density at radius 3 is 1.20 bits per heavy atom. The molecule has 0 nitrogen and oxygen atoms in total. The molecule has 0 amide bonds. The number of rotatable bonds is 4. The van der Waals surface area contributed by atoms with E-state index in [1.54, 1.807) is 0 Å². The summed E-state index contributed by atoms with van der Waals surface area (Å²) in [5, 5.41) is 10.2. The molecule has 46 heavy (non-hydrogen) atoms. The average Bonchev–Trinajstić information content (AvgIpc) is 3.14. The molecule has 9 aromatic rings. The molecule has 0 saturated carbocycles. The first-order valence-corrected chi connectivity index (χ1v) is 16.0. The molecule has 0 aliphatic heterocycles. The fourth-order valence-corrected chi connectivity index (χ4v) is 7.49. The maximum absolute atomic E-state index is 2.38. The van der Waals surface area contributed by atoms with Gasteiger partial charge in [0, 0.05) is 0 Å². The van der Waals surface area contributed by atoms with Crippen LogP contribution in [0.15, 0.2) is 182 Å². The Labute approximate surface area is 268 Å². The Kier molecular flexibility index (Phi) is 6.25. The van der Waals surface area contributed by atoms with Gasteiger partial charge < -0.3 is 0 Å². The monoisotopic (exact) mass is 582 g/mol. The Morgan fingerprint density at radius 2 is 0.609 bits per heavy atom. The van der Waals surface area contributed by atoms with Gasteiger partial charge in [0.25, 0.3) is 0 Å². The molecule has 0 saturated heterocycles. The van der Waals surface area contributed by atoms with Crippen LogP contribution in [0.3, 0.4) is 0 Å². The predicted molar refractivity (Wildman–Crippen MR) is 198 cm³/mol. The summed E-state index contributed by atoms with van der Waals surface area (Å²) in [5.41, 5.74) is 10.0. The van der Waals surface area contributed by atoms with E-state index in [-0.39, 0.29) is 0 Å². The van der Waals surface area contributed by atoms with Gasteiger partial charge in [0.1, 0.15) is 0 Å². The Bertz CT molecular complexity index is 2520. The highest BCUT2D eigenvalue weighted by Gasteiger charge is 2.21. The molecule has 214 valence electrons. The molecule has 0 aliphatic rings. The Morgan fingerprint density at radius 1 is 0.217 bits per heavy atom. The lowest BCUT2D eigenvalue weighted by Crippen LogP contribution is -1.94. The van der Waals surface area contributed by atoms with Crippen LogP contribution in [0.25, 0.3) is 87.6 Å². The average molecular weight is 583 g/mol. The first kappa shape index (κ1) is 26.4. The molecule has 0 heterocycles. The SMILES string of the molecule is c1ccc(-c2ccccc2-c2c3ccccc3c(-c3ccccc3-c3cc4ccccc4c4ccccc34)c3ccccc23)cc1. The van der Waals surface area contributed by atoms with E-state index in [1.165, 1.54) is 87.6 Å². The fraction of sp³-hybridized carbons (Fsp3) is 0. The second-order valence-electron chi connectivity index (χ2n) is 12.0. The lowest BCUT2D eigenvalue weighted by atomic mass is 9.82. The second kappa shape index (κ2) is 10.9. The number of hydrogen-bond acceptors (Lipinski definition) is 0. The van der Waals surface area contributed by atoms with Crippen LogP contribution in [0, 0.1) is 0 Å². The van der Waals surface area contributed by atoms with E-state index in [0.717, 1.165) is 0 Å². The van der Waals surface area contributed by atoms with Gasteiger partial charge in [-0.2, -0.15) is 0 Å². The van der Waals surface area contributed by atoms with E-state index in [4.69, 9.17) is 0 Å². The van der Waals surface area contributed by atoms with Crippen molar-refractivity contribution in [2.45, 2.75) is 0 Å². The maximum atomic E-state index is 2.38. The van der Waals surface area contributed by atoms with Crippen LogP contribution in [0.5, 0.6) is 0 Å². The van der Waals surface area contributed by atoms with Crippen LogP contribution in [0.4, 0.5) is 0 Å². The molecule has 0 bridgehead atoms. The molecule has 0 atom stereocenters. The Hall–Kier alpha value is -5.98. The highest BCUT2D eigenvalue weighted by Crippen LogP contribution is 2.48. The smallest absolute Gasteiger partial charge is 0.00201 e. The van der Waals surface area contributed by atoms with Crippen molar-refractivity contribution >= 4 is 43.1 Å². The third-order valence-electron chi connectivity index (χ3n) is 9.47. The van der Waals surface area contributed by atoms with Gasteiger partial charge in [-0.15, -0.1) is 0 Å². The van der Waals surface area contributed by atoms with E-state index in [1.807, 2.05) is 0 Å². The number of fused-ring (bicyclic) bond motifs is 5. The summed E-state index contributed by atoms with van der Waals surface area (Å²) >= 11 is 0. The maximum Gasteiger partial charge on any atom is -0.00201 e. The van der Waals surface area contributed by atoms with Crippen molar-refractivity contribution in [3.05, 3.63) is 182 Å². The molecule has 0 aliphatic carbocycles. The predicted octanol–water partition coefficient (Wildman–Crippen LogP) is 13.0. The summed E-state index contributed by atoms with van der Waals surface area (Å²) in [4.78, 5) is 0. The number of hydrogen-bond donors (Lipinski definition) is 0. The van der Waals surface area contributed by atoms with E-state index in [9.17, 15) is 0 Å². The molecular formula is C46H30. The number of benzene rings is 9. The van der Waals surface area contributed by atoms with Crippen LogP contribution in [0.2, 0.25) is 0 Å². The molecule has 9 rings (SSSR count). The van der Waals surface area contributed by atoms with E-state index in [2.05, 4.69) is 182 Å². The van der Waals surface area contributed by atoms with Crippen molar-refractivity contribution in [3.63, 3.8) is 0 Å². The highest BCUT2D eigenvalue weighted by atomic mass is 14.2. The summed E-state index contributed by atoms with van der Waals surface area (Å²) < 4.78 is 0. The molecule has 0 N–H and O–H groups in total. The van der Waals surface area contributed by atoms with Gasteiger partial charge in [0.15, 0.2) is 0 Å².